The Bertz CT molecular complexity index is 849. The zero-order valence-electron chi connectivity index (χ0n) is 13.6. The molecule has 1 aromatic heterocycles. The molecular weight excluding hydrogens is 336 g/mol. The monoisotopic (exact) mass is 352 g/mol. The quantitative estimate of drug-likeness (QED) is 0.492. The van der Waals surface area contributed by atoms with E-state index >= 15 is 0 Å². The highest BCUT2D eigenvalue weighted by Crippen LogP contribution is 2.29. The van der Waals surface area contributed by atoms with Gasteiger partial charge in [-0.3, -0.25) is 14.5 Å². The van der Waals surface area contributed by atoms with E-state index in [-0.39, 0.29) is 18.0 Å². The number of carbonyl (C=O) groups excluding carboxylic acids is 2. The van der Waals surface area contributed by atoms with Crippen molar-refractivity contribution in [3.63, 3.8) is 0 Å². The van der Waals surface area contributed by atoms with Gasteiger partial charge in [0.25, 0.3) is 5.91 Å². The van der Waals surface area contributed by atoms with Gasteiger partial charge in [0, 0.05) is 18.8 Å². The van der Waals surface area contributed by atoms with Crippen molar-refractivity contribution in [3.05, 3.63) is 59.6 Å². The van der Waals surface area contributed by atoms with Crippen LogP contribution in [-0.2, 0) is 9.59 Å². The Morgan fingerprint density at radius 1 is 1.40 bits per heavy atom. The fourth-order valence-electron chi connectivity index (χ4n) is 2.01. The molecule has 0 atom stereocenters. The molecule has 6 nitrogen and oxygen atoms in total. The highest BCUT2D eigenvalue weighted by molar-refractivity contribution is 7.14. The molecule has 0 bridgehead atoms. The molecule has 0 spiro atoms. The number of nitriles is 1. The van der Waals surface area contributed by atoms with E-state index in [1.165, 1.54) is 35.3 Å². The molecule has 0 saturated heterocycles. The average molecular weight is 352 g/mol. The van der Waals surface area contributed by atoms with Gasteiger partial charge in [0.05, 0.1) is 11.4 Å². The minimum atomic E-state index is -0.497. The summed E-state index contributed by atoms with van der Waals surface area (Å²) in [7, 11) is 0. The van der Waals surface area contributed by atoms with Crippen LogP contribution in [0.4, 0.5) is 10.8 Å². The van der Waals surface area contributed by atoms with Gasteiger partial charge in [-0.25, -0.2) is 4.98 Å². The summed E-state index contributed by atoms with van der Waals surface area (Å²) in [6.07, 6.45) is 2.92. The van der Waals surface area contributed by atoms with Gasteiger partial charge in [0.2, 0.25) is 5.91 Å². The maximum atomic E-state index is 12.0. The van der Waals surface area contributed by atoms with Crippen molar-refractivity contribution in [3.8, 4) is 6.07 Å². The Labute approximate surface area is 149 Å². The molecule has 1 aromatic carbocycles. The van der Waals surface area contributed by atoms with Gasteiger partial charge in [0.15, 0.2) is 5.13 Å². The topological polar surface area (TPSA) is 86.1 Å². The predicted octanol–water partition coefficient (Wildman–Crippen LogP) is 3.04. The Balaban J connectivity index is 2.30. The second-order valence-electron chi connectivity index (χ2n) is 4.91. The Hall–Kier alpha value is -3.24. The zero-order valence-corrected chi connectivity index (χ0v) is 14.4. The third-order valence-corrected chi connectivity index (χ3v) is 3.94. The number of hydrogen-bond donors (Lipinski definition) is 1. The number of hydrogen-bond acceptors (Lipinski definition) is 5. The molecule has 1 N–H and O–H groups in total. The minimum Gasteiger partial charge on any atom is -0.348 e. The summed E-state index contributed by atoms with van der Waals surface area (Å²) in [5, 5.41) is 13.8. The molecule has 0 fully saturated rings. The van der Waals surface area contributed by atoms with E-state index in [2.05, 4.69) is 16.9 Å². The molecule has 0 aliphatic heterocycles. The third kappa shape index (κ3) is 4.62. The van der Waals surface area contributed by atoms with E-state index in [0.717, 1.165) is 0 Å². The fourth-order valence-corrected chi connectivity index (χ4v) is 2.85. The van der Waals surface area contributed by atoms with Crippen molar-refractivity contribution in [2.24, 2.45) is 0 Å². The smallest absolute Gasteiger partial charge is 0.262 e. The Kier molecular flexibility index (Phi) is 6.20. The lowest BCUT2D eigenvalue weighted by Gasteiger charge is -2.17. The third-order valence-electron chi connectivity index (χ3n) is 3.09. The molecule has 25 heavy (non-hydrogen) atoms. The highest BCUT2D eigenvalue weighted by Gasteiger charge is 2.18. The van der Waals surface area contributed by atoms with Crippen molar-refractivity contribution in [2.45, 2.75) is 6.92 Å². The molecular formula is C18H16N4O2S. The van der Waals surface area contributed by atoms with Gasteiger partial charge in [-0.05, 0) is 18.2 Å². The number of nitrogens with zero attached hydrogens (tertiary/aromatic N) is 3. The summed E-state index contributed by atoms with van der Waals surface area (Å²) >= 11 is 1.25. The average Bonchev–Trinajstić information content (AvgIpc) is 3.06. The number of amides is 2. The lowest BCUT2D eigenvalue weighted by Crippen LogP contribution is -2.24. The maximum absolute atomic E-state index is 12.0. The molecule has 2 aromatic rings. The van der Waals surface area contributed by atoms with Crippen LogP contribution in [0.2, 0.25) is 0 Å². The molecule has 0 unspecified atom stereocenters. The molecule has 0 aliphatic carbocycles. The second-order valence-corrected chi connectivity index (χ2v) is 5.75. The Morgan fingerprint density at radius 3 is 2.72 bits per heavy atom. The van der Waals surface area contributed by atoms with Crippen LogP contribution in [0.1, 0.15) is 12.6 Å². The lowest BCUT2D eigenvalue weighted by atomic mass is 10.2. The van der Waals surface area contributed by atoms with Crippen LogP contribution in [-0.4, -0.2) is 23.3 Å². The number of benzene rings is 1. The number of carbonyl (C=O) groups is 2. The highest BCUT2D eigenvalue weighted by atomic mass is 32.1. The van der Waals surface area contributed by atoms with E-state index in [0.29, 0.717) is 16.5 Å². The minimum absolute atomic E-state index is 0.0622. The number of thiazole rings is 1. The van der Waals surface area contributed by atoms with Crippen LogP contribution < -0.4 is 10.2 Å². The lowest BCUT2D eigenvalue weighted by molar-refractivity contribution is -0.117. The van der Waals surface area contributed by atoms with Crippen LogP contribution in [0.15, 0.2) is 53.9 Å². The zero-order chi connectivity index (χ0) is 18.2. The largest absolute Gasteiger partial charge is 0.348 e. The van der Waals surface area contributed by atoms with Gasteiger partial charge in [-0.1, -0.05) is 24.3 Å². The first kappa shape index (κ1) is 18.1. The van der Waals surface area contributed by atoms with Crippen LogP contribution >= 0.6 is 11.3 Å². The predicted molar refractivity (Wildman–Crippen MR) is 98.2 cm³/mol. The number of para-hydroxylation sites is 1. The van der Waals surface area contributed by atoms with E-state index in [9.17, 15) is 9.59 Å². The van der Waals surface area contributed by atoms with Crippen molar-refractivity contribution < 1.29 is 9.59 Å². The van der Waals surface area contributed by atoms with Gasteiger partial charge in [-0.2, -0.15) is 5.26 Å². The summed E-state index contributed by atoms with van der Waals surface area (Å²) in [6, 6.07) is 11.0. The number of rotatable bonds is 6. The van der Waals surface area contributed by atoms with E-state index in [4.69, 9.17) is 5.26 Å². The number of anilines is 2. The van der Waals surface area contributed by atoms with Gasteiger partial charge >= 0.3 is 0 Å². The van der Waals surface area contributed by atoms with Crippen LogP contribution in [0.25, 0.3) is 6.08 Å². The number of aromatic nitrogens is 1. The summed E-state index contributed by atoms with van der Waals surface area (Å²) < 4.78 is 0. The van der Waals surface area contributed by atoms with Crippen LogP contribution in [0, 0.1) is 11.3 Å². The van der Waals surface area contributed by atoms with Gasteiger partial charge < -0.3 is 5.32 Å². The van der Waals surface area contributed by atoms with Crippen LogP contribution in [0.3, 0.4) is 0 Å². The van der Waals surface area contributed by atoms with E-state index < -0.39 is 5.91 Å². The molecule has 0 radical (unpaired) electrons. The summed E-state index contributed by atoms with van der Waals surface area (Å²) in [5.74, 6) is -0.677. The first-order valence-electron chi connectivity index (χ1n) is 7.39. The summed E-state index contributed by atoms with van der Waals surface area (Å²) in [4.78, 5) is 29.7. The van der Waals surface area contributed by atoms with Crippen LogP contribution in [0.5, 0.6) is 0 Å². The first-order valence-corrected chi connectivity index (χ1v) is 8.27. The molecule has 2 amide bonds. The normalized spacial score (nSPS) is 10.6. The van der Waals surface area contributed by atoms with Crippen molar-refractivity contribution in [1.82, 2.24) is 10.3 Å². The van der Waals surface area contributed by atoms with Gasteiger partial charge in [-0.15, -0.1) is 17.9 Å². The van der Waals surface area contributed by atoms with Crippen molar-refractivity contribution in [1.29, 1.82) is 5.26 Å². The molecule has 126 valence electrons. The van der Waals surface area contributed by atoms with Crippen molar-refractivity contribution in [2.75, 3.05) is 11.4 Å². The molecule has 1 heterocycles. The summed E-state index contributed by atoms with van der Waals surface area (Å²) in [5.41, 5.74) is 1.07. The molecule has 2 rings (SSSR count). The Morgan fingerprint density at radius 2 is 2.12 bits per heavy atom. The number of nitrogens with one attached hydrogen (secondary N) is 1. The standard InChI is InChI=1S/C18H16N4O2S/c1-3-9-20-17(24)14(11-19)10-15-12-25-18(21-15)22(13(2)23)16-7-5-4-6-8-16/h3-8,10,12H,1,9H2,2H3,(H,20,24)/b14-10+. The maximum Gasteiger partial charge on any atom is 0.262 e. The SMILES string of the molecule is C=CCNC(=O)/C(C#N)=C/c1csc(N(C(C)=O)c2ccccc2)n1. The molecule has 0 saturated carbocycles. The van der Waals surface area contributed by atoms with E-state index in [1.807, 2.05) is 36.4 Å². The van der Waals surface area contributed by atoms with Gasteiger partial charge in [0.1, 0.15) is 11.6 Å². The second kappa shape index (κ2) is 8.57. The summed E-state index contributed by atoms with van der Waals surface area (Å²) in [6.45, 7) is 5.23. The molecule has 7 heteroatoms. The molecule has 0 aliphatic rings. The van der Waals surface area contributed by atoms with E-state index in [1.54, 1.807) is 5.38 Å². The fraction of sp³-hybridized carbons (Fsp3) is 0.111. The first-order chi connectivity index (χ1) is 12.1. The van der Waals surface area contributed by atoms with Crippen molar-refractivity contribution >= 4 is 40.0 Å².